The highest BCUT2D eigenvalue weighted by Crippen LogP contribution is 2.46. The number of rotatable bonds is 2. The second kappa shape index (κ2) is 4.61. The van der Waals surface area contributed by atoms with Gasteiger partial charge in [0.1, 0.15) is 4.91 Å². The number of hydrogen-bond acceptors (Lipinski definition) is 4. The van der Waals surface area contributed by atoms with Crippen molar-refractivity contribution >= 4 is 17.7 Å². The first kappa shape index (κ1) is 11.1. The first-order valence-electron chi connectivity index (χ1n) is 5.01. The summed E-state index contributed by atoms with van der Waals surface area (Å²) in [6.07, 6.45) is 0.707. The molecular formula is C12H13NO2S. The molecule has 4 heteroatoms. The van der Waals surface area contributed by atoms with E-state index in [4.69, 9.17) is 10.5 Å². The smallest absolute Gasteiger partial charge is 0.346 e. The molecule has 16 heavy (non-hydrogen) atoms. The van der Waals surface area contributed by atoms with Gasteiger partial charge in [0, 0.05) is 17.4 Å². The maximum absolute atomic E-state index is 11.4. The molecule has 0 amide bonds. The van der Waals surface area contributed by atoms with Crippen molar-refractivity contribution in [2.45, 2.75) is 11.7 Å². The Kier molecular flexibility index (Phi) is 3.19. The fourth-order valence-electron chi connectivity index (χ4n) is 1.68. The Labute approximate surface area is 98.7 Å². The molecular weight excluding hydrogens is 222 g/mol. The predicted octanol–water partition coefficient (Wildman–Crippen LogP) is 2.21. The van der Waals surface area contributed by atoms with Crippen LogP contribution >= 0.6 is 11.8 Å². The monoisotopic (exact) mass is 235 g/mol. The third-order valence-corrected chi connectivity index (χ3v) is 3.89. The van der Waals surface area contributed by atoms with Gasteiger partial charge in [0.2, 0.25) is 0 Å². The van der Waals surface area contributed by atoms with Gasteiger partial charge in [0.15, 0.2) is 0 Å². The van der Waals surface area contributed by atoms with E-state index in [0.29, 0.717) is 17.0 Å². The van der Waals surface area contributed by atoms with Crippen molar-refractivity contribution < 1.29 is 9.53 Å². The standard InChI is InChI=1S/C12H13NO2S/c1-15-12(14)11-9(13)7-10(16-11)8-5-3-2-4-6-8/h2-6,10H,7,13H2,1H3. The molecule has 2 N–H and O–H groups in total. The Morgan fingerprint density at radius 3 is 2.75 bits per heavy atom. The van der Waals surface area contributed by atoms with Gasteiger partial charge < -0.3 is 10.5 Å². The normalized spacial score (nSPS) is 19.9. The molecule has 1 atom stereocenters. The number of hydrogen-bond donors (Lipinski definition) is 1. The second-order valence-electron chi connectivity index (χ2n) is 3.57. The van der Waals surface area contributed by atoms with Crippen LogP contribution in [0.15, 0.2) is 40.9 Å². The van der Waals surface area contributed by atoms with Gasteiger partial charge in [-0.25, -0.2) is 4.79 Å². The number of nitrogens with two attached hydrogens (primary N) is 1. The van der Waals surface area contributed by atoms with Crippen LogP contribution in [-0.2, 0) is 9.53 Å². The number of allylic oxidation sites excluding steroid dienone is 1. The molecule has 0 spiro atoms. The molecule has 0 aromatic heterocycles. The maximum Gasteiger partial charge on any atom is 0.346 e. The van der Waals surface area contributed by atoms with E-state index in [9.17, 15) is 4.79 Å². The highest BCUT2D eigenvalue weighted by atomic mass is 32.2. The first-order chi connectivity index (χ1) is 7.72. The van der Waals surface area contributed by atoms with Crippen LogP contribution in [0.2, 0.25) is 0 Å². The average molecular weight is 235 g/mol. The fourth-order valence-corrected chi connectivity index (χ4v) is 2.93. The van der Waals surface area contributed by atoms with Gasteiger partial charge in [-0.05, 0) is 5.56 Å². The molecule has 1 unspecified atom stereocenters. The van der Waals surface area contributed by atoms with Gasteiger partial charge >= 0.3 is 5.97 Å². The van der Waals surface area contributed by atoms with Gasteiger partial charge in [0.05, 0.1) is 7.11 Å². The van der Waals surface area contributed by atoms with Crippen LogP contribution in [0.1, 0.15) is 17.2 Å². The van der Waals surface area contributed by atoms with Crippen molar-refractivity contribution in [3.8, 4) is 0 Å². The Balaban J connectivity index is 2.15. The van der Waals surface area contributed by atoms with Crippen molar-refractivity contribution in [2.24, 2.45) is 5.73 Å². The lowest BCUT2D eigenvalue weighted by atomic mass is 10.1. The SMILES string of the molecule is COC(=O)C1=C(N)CC(c2ccccc2)S1. The number of carbonyl (C=O) groups excluding carboxylic acids is 1. The minimum atomic E-state index is -0.332. The predicted molar refractivity (Wildman–Crippen MR) is 64.6 cm³/mol. The number of benzene rings is 1. The Bertz CT molecular complexity index is 428. The zero-order chi connectivity index (χ0) is 11.5. The quantitative estimate of drug-likeness (QED) is 0.798. The highest BCUT2D eigenvalue weighted by Gasteiger charge is 2.29. The number of carbonyl (C=O) groups is 1. The maximum atomic E-state index is 11.4. The minimum Gasteiger partial charge on any atom is -0.465 e. The summed E-state index contributed by atoms with van der Waals surface area (Å²) in [6.45, 7) is 0. The summed E-state index contributed by atoms with van der Waals surface area (Å²) in [5.74, 6) is -0.332. The second-order valence-corrected chi connectivity index (χ2v) is 4.78. The third kappa shape index (κ3) is 2.07. The number of methoxy groups -OCH3 is 1. The van der Waals surface area contributed by atoms with Crippen LogP contribution in [0.25, 0.3) is 0 Å². The van der Waals surface area contributed by atoms with E-state index >= 15 is 0 Å². The highest BCUT2D eigenvalue weighted by molar-refractivity contribution is 8.04. The van der Waals surface area contributed by atoms with Crippen LogP contribution < -0.4 is 5.73 Å². The molecule has 1 aromatic carbocycles. The van der Waals surface area contributed by atoms with E-state index in [2.05, 4.69) is 0 Å². The van der Waals surface area contributed by atoms with Crippen LogP contribution in [0.5, 0.6) is 0 Å². The molecule has 1 heterocycles. The van der Waals surface area contributed by atoms with Crippen LogP contribution in [0, 0.1) is 0 Å². The molecule has 84 valence electrons. The molecule has 1 aliphatic heterocycles. The fraction of sp³-hybridized carbons (Fsp3) is 0.250. The van der Waals surface area contributed by atoms with Gasteiger partial charge in [0.25, 0.3) is 0 Å². The lowest BCUT2D eigenvalue weighted by molar-refractivity contribution is -0.135. The van der Waals surface area contributed by atoms with E-state index in [1.54, 1.807) is 0 Å². The van der Waals surface area contributed by atoms with Gasteiger partial charge in [-0.1, -0.05) is 30.3 Å². The molecule has 1 aromatic rings. The summed E-state index contributed by atoms with van der Waals surface area (Å²) in [7, 11) is 1.37. The van der Waals surface area contributed by atoms with Gasteiger partial charge in [-0.3, -0.25) is 0 Å². The Hall–Kier alpha value is -1.42. The summed E-state index contributed by atoms with van der Waals surface area (Å²) < 4.78 is 4.69. The van der Waals surface area contributed by atoms with E-state index in [0.717, 1.165) is 0 Å². The van der Waals surface area contributed by atoms with E-state index in [1.807, 2.05) is 30.3 Å². The Morgan fingerprint density at radius 1 is 1.44 bits per heavy atom. The van der Waals surface area contributed by atoms with Crippen molar-refractivity contribution in [3.63, 3.8) is 0 Å². The zero-order valence-corrected chi connectivity index (χ0v) is 9.79. The molecule has 3 nitrogen and oxygen atoms in total. The molecule has 0 bridgehead atoms. The summed E-state index contributed by atoms with van der Waals surface area (Å²) in [6, 6.07) is 10.0. The van der Waals surface area contributed by atoms with E-state index < -0.39 is 0 Å². The molecule has 2 rings (SSSR count). The largest absolute Gasteiger partial charge is 0.465 e. The molecule has 0 saturated carbocycles. The molecule has 1 aliphatic rings. The van der Waals surface area contributed by atoms with Crippen LogP contribution in [-0.4, -0.2) is 13.1 Å². The number of thioether (sulfide) groups is 1. The summed E-state index contributed by atoms with van der Waals surface area (Å²) in [5.41, 5.74) is 7.66. The van der Waals surface area contributed by atoms with Crippen molar-refractivity contribution in [2.75, 3.05) is 7.11 Å². The van der Waals surface area contributed by atoms with E-state index in [-0.39, 0.29) is 11.2 Å². The van der Waals surface area contributed by atoms with Crippen molar-refractivity contribution in [1.82, 2.24) is 0 Å². The molecule has 0 fully saturated rings. The Morgan fingerprint density at radius 2 is 2.12 bits per heavy atom. The van der Waals surface area contributed by atoms with Crippen LogP contribution in [0.4, 0.5) is 0 Å². The summed E-state index contributed by atoms with van der Waals surface area (Å²) in [4.78, 5) is 12.0. The number of ether oxygens (including phenoxy) is 1. The van der Waals surface area contributed by atoms with E-state index in [1.165, 1.54) is 24.4 Å². The third-order valence-electron chi connectivity index (χ3n) is 2.50. The molecule has 0 saturated heterocycles. The van der Waals surface area contributed by atoms with Crippen molar-refractivity contribution in [1.29, 1.82) is 0 Å². The molecule has 0 radical (unpaired) electrons. The van der Waals surface area contributed by atoms with Gasteiger partial charge in [-0.2, -0.15) is 0 Å². The van der Waals surface area contributed by atoms with Crippen LogP contribution in [0.3, 0.4) is 0 Å². The molecule has 0 aliphatic carbocycles. The first-order valence-corrected chi connectivity index (χ1v) is 5.89. The summed E-state index contributed by atoms with van der Waals surface area (Å²) in [5, 5.41) is 0.232. The summed E-state index contributed by atoms with van der Waals surface area (Å²) >= 11 is 1.48. The lowest BCUT2D eigenvalue weighted by Gasteiger charge is -2.08. The lowest BCUT2D eigenvalue weighted by Crippen LogP contribution is -2.06. The number of esters is 1. The minimum absolute atomic E-state index is 0.232. The topological polar surface area (TPSA) is 52.3 Å². The van der Waals surface area contributed by atoms with Gasteiger partial charge in [-0.15, -0.1) is 11.8 Å². The van der Waals surface area contributed by atoms with Crippen molar-refractivity contribution in [3.05, 3.63) is 46.5 Å². The average Bonchev–Trinajstić information content (AvgIpc) is 2.71. The zero-order valence-electron chi connectivity index (χ0n) is 8.97.